The number of carboxylic acid groups (broad SMARTS) is 1. The van der Waals surface area contributed by atoms with Gasteiger partial charge in [-0.3, -0.25) is 14.5 Å². The number of carbonyl (C=O) groups excluding carboxylic acids is 2. The molecule has 0 aromatic heterocycles. The Balaban J connectivity index is 2.30. The van der Waals surface area contributed by atoms with Crippen LogP contribution < -0.4 is 5.32 Å². The van der Waals surface area contributed by atoms with Gasteiger partial charge in [0.05, 0.1) is 23.2 Å². The van der Waals surface area contributed by atoms with Crippen LogP contribution in [-0.2, 0) is 0 Å². The summed E-state index contributed by atoms with van der Waals surface area (Å²) in [6, 6.07) is 5.68. The van der Waals surface area contributed by atoms with Crippen molar-refractivity contribution >= 4 is 17.9 Å². The molecule has 1 heterocycles. The van der Waals surface area contributed by atoms with E-state index < -0.39 is 18.2 Å². The van der Waals surface area contributed by atoms with Crippen molar-refractivity contribution in [2.45, 2.75) is 45.2 Å². The number of hydrogen-bond acceptors (Lipinski definition) is 3. The summed E-state index contributed by atoms with van der Waals surface area (Å²) in [5.74, 6) is -0.693. The average molecular weight is 304 g/mol. The first-order chi connectivity index (χ1) is 10.5. The van der Waals surface area contributed by atoms with E-state index in [4.69, 9.17) is 5.11 Å². The lowest BCUT2D eigenvalue weighted by molar-refractivity contribution is 0.0538. The van der Waals surface area contributed by atoms with Crippen LogP contribution in [0.25, 0.3) is 0 Å². The second kappa shape index (κ2) is 6.60. The van der Waals surface area contributed by atoms with Gasteiger partial charge in [-0.25, -0.2) is 4.79 Å². The molecule has 6 heteroatoms. The van der Waals surface area contributed by atoms with E-state index >= 15 is 0 Å². The van der Waals surface area contributed by atoms with Gasteiger partial charge in [0, 0.05) is 0 Å². The smallest absolute Gasteiger partial charge is 0.404 e. The van der Waals surface area contributed by atoms with E-state index in [0.717, 1.165) is 12.8 Å². The molecule has 2 atom stereocenters. The number of hydrogen-bond donors (Lipinski definition) is 2. The van der Waals surface area contributed by atoms with Gasteiger partial charge in [-0.05, 0) is 25.5 Å². The van der Waals surface area contributed by atoms with Gasteiger partial charge in [0.1, 0.15) is 0 Å². The third-order valence-corrected chi connectivity index (χ3v) is 3.94. The van der Waals surface area contributed by atoms with E-state index in [0.29, 0.717) is 17.5 Å². The Kier molecular flexibility index (Phi) is 4.80. The lowest BCUT2D eigenvalue weighted by atomic mass is 10.0. The van der Waals surface area contributed by atoms with Crippen molar-refractivity contribution in [2.24, 2.45) is 0 Å². The predicted octanol–water partition coefficient (Wildman–Crippen LogP) is 2.50. The Labute approximate surface area is 129 Å². The molecular formula is C16H20N2O4. The van der Waals surface area contributed by atoms with Crippen molar-refractivity contribution in [3.8, 4) is 0 Å². The molecule has 118 valence electrons. The zero-order valence-corrected chi connectivity index (χ0v) is 12.7. The third-order valence-electron chi connectivity index (χ3n) is 3.94. The van der Waals surface area contributed by atoms with Gasteiger partial charge in [0.15, 0.2) is 0 Å². The minimum atomic E-state index is -1.16. The van der Waals surface area contributed by atoms with Crippen LogP contribution in [0.15, 0.2) is 24.3 Å². The third kappa shape index (κ3) is 2.95. The summed E-state index contributed by atoms with van der Waals surface area (Å²) in [4.78, 5) is 37.2. The monoisotopic (exact) mass is 304 g/mol. The van der Waals surface area contributed by atoms with E-state index in [1.54, 1.807) is 31.2 Å². The fourth-order valence-corrected chi connectivity index (χ4v) is 2.82. The molecule has 0 bridgehead atoms. The van der Waals surface area contributed by atoms with Crippen LogP contribution in [0.3, 0.4) is 0 Å². The number of nitrogens with zero attached hydrogens (tertiary/aromatic N) is 1. The fraction of sp³-hybridized carbons (Fsp3) is 0.438. The average Bonchev–Trinajstić information content (AvgIpc) is 2.72. The van der Waals surface area contributed by atoms with Crippen molar-refractivity contribution in [1.29, 1.82) is 0 Å². The molecule has 1 aromatic rings. The maximum Gasteiger partial charge on any atom is 0.404 e. The molecular weight excluding hydrogens is 284 g/mol. The summed E-state index contributed by atoms with van der Waals surface area (Å²) in [7, 11) is 0. The first kappa shape index (κ1) is 16.0. The molecule has 0 saturated carbocycles. The minimum Gasteiger partial charge on any atom is -0.465 e. The summed E-state index contributed by atoms with van der Waals surface area (Å²) >= 11 is 0. The van der Waals surface area contributed by atoms with E-state index in [1.165, 1.54) is 4.90 Å². The van der Waals surface area contributed by atoms with Gasteiger partial charge >= 0.3 is 6.09 Å². The van der Waals surface area contributed by atoms with Crippen LogP contribution >= 0.6 is 0 Å². The maximum atomic E-state index is 12.5. The van der Waals surface area contributed by atoms with Crippen molar-refractivity contribution in [3.05, 3.63) is 35.4 Å². The van der Waals surface area contributed by atoms with Gasteiger partial charge in [-0.15, -0.1) is 0 Å². The van der Waals surface area contributed by atoms with E-state index in [1.807, 2.05) is 6.92 Å². The number of rotatable bonds is 6. The van der Waals surface area contributed by atoms with Crippen LogP contribution in [-0.4, -0.2) is 40.0 Å². The Morgan fingerprint density at radius 1 is 1.23 bits per heavy atom. The number of carbonyl (C=O) groups is 3. The Morgan fingerprint density at radius 3 is 2.23 bits per heavy atom. The molecule has 6 nitrogen and oxygen atoms in total. The zero-order chi connectivity index (χ0) is 16.3. The van der Waals surface area contributed by atoms with E-state index in [9.17, 15) is 14.4 Å². The van der Waals surface area contributed by atoms with Crippen LogP contribution in [0, 0.1) is 0 Å². The zero-order valence-electron chi connectivity index (χ0n) is 12.7. The topological polar surface area (TPSA) is 86.7 Å². The standard InChI is InChI=1S/C16H20N2O4/c1-3-4-9-13(10(2)17-16(21)22)18-14(19)11-7-5-6-8-12(11)15(18)20/h5-8,10,13,17H,3-4,9H2,1-2H3,(H,21,22)/t10-,13-/m0/s1. The summed E-state index contributed by atoms with van der Waals surface area (Å²) < 4.78 is 0. The second-order valence-corrected chi connectivity index (χ2v) is 5.47. The lowest BCUT2D eigenvalue weighted by Gasteiger charge is -2.31. The molecule has 0 aliphatic carbocycles. The second-order valence-electron chi connectivity index (χ2n) is 5.47. The van der Waals surface area contributed by atoms with Crippen LogP contribution in [0.1, 0.15) is 53.8 Å². The van der Waals surface area contributed by atoms with Gasteiger partial charge in [-0.2, -0.15) is 0 Å². The summed E-state index contributed by atoms with van der Waals surface area (Å²) in [6.45, 7) is 3.69. The molecule has 1 aliphatic rings. The molecule has 2 rings (SSSR count). The first-order valence-corrected chi connectivity index (χ1v) is 7.43. The van der Waals surface area contributed by atoms with Gasteiger partial charge < -0.3 is 10.4 Å². The largest absolute Gasteiger partial charge is 0.465 e. The molecule has 2 N–H and O–H groups in total. The first-order valence-electron chi connectivity index (χ1n) is 7.43. The van der Waals surface area contributed by atoms with E-state index in [-0.39, 0.29) is 11.8 Å². The number of benzene rings is 1. The SMILES string of the molecule is CCCC[C@@H]([C@H](C)NC(=O)O)N1C(=O)c2ccccc2C1=O. The van der Waals surface area contributed by atoms with Crippen LogP contribution in [0.2, 0.25) is 0 Å². The summed E-state index contributed by atoms with van der Waals surface area (Å²) in [5, 5.41) is 11.3. The van der Waals surface area contributed by atoms with Crippen molar-refractivity contribution < 1.29 is 19.5 Å². The van der Waals surface area contributed by atoms with Crippen LogP contribution in [0.4, 0.5) is 4.79 Å². The predicted molar refractivity (Wildman–Crippen MR) is 80.9 cm³/mol. The molecule has 1 aliphatic heterocycles. The summed E-state index contributed by atoms with van der Waals surface area (Å²) in [5.41, 5.74) is 0.771. The molecule has 0 saturated heterocycles. The number of nitrogens with one attached hydrogen (secondary N) is 1. The Hall–Kier alpha value is -2.37. The van der Waals surface area contributed by atoms with Crippen molar-refractivity contribution in [2.75, 3.05) is 0 Å². The number of unbranched alkanes of at least 4 members (excludes halogenated alkanes) is 1. The molecule has 22 heavy (non-hydrogen) atoms. The van der Waals surface area contributed by atoms with Gasteiger partial charge in [0.2, 0.25) is 0 Å². The maximum absolute atomic E-state index is 12.5. The number of fused-ring (bicyclic) bond motifs is 1. The summed E-state index contributed by atoms with van der Waals surface area (Å²) in [6.07, 6.45) is 1.12. The van der Waals surface area contributed by atoms with Gasteiger partial charge in [-0.1, -0.05) is 31.9 Å². The van der Waals surface area contributed by atoms with Gasteiger partial charge in [0.25, 0.3) is 11.8 Å². The molecule has 0 spiro atoms. The normalized spacial score (nSPS) is 16.4. The van der Waals surface area contributed by atoms with Crippen LogP contribution in [0.5, 0.6) is 0 Å². The molecule has 0 unspecified atom stereocenters. The highest BCUT2D eigenvalue weighted by molar-refractivity contribution is 6.21. The highest BCUT2D eigenvalue weighted by Gasteiger charge is 2.41. The molecule has 1 aromatic carbocycles. The Morgan fingerprint density at radius 2 is 1.77 bits per heavy atom. The molecule has 3 amide bonds. The highest BCUT2D eigenvalue weighted by Crippen LogP contribution is 2.27. The molecule has 0 radical (unpaired) electrons. The van der Waals surface area contributed by atoms with Crippen molar-refractivity contribution in [3.63, 3.8) is 0 Å². The van der Waals surface area contributed by atoms with Crippen molar-refractivity contribution in [1.82, 2.24) is 10.2 Å². The van der Waals surface area contributed by atoms with E-state index in [2.05, 4.69) is 5.32 Å². The lowest BCUT2D eigenvalue weighted by Crippen LogP contribution is -2.52. The minimum absolute atomic E-state index is 0.347. The fourth-order valence-electron chi connectivity index (χ4n) is 2.82. The highest BCUT2D eigenvalue weighted by atomic mass is 16.4. The quantitative estimate of drug-likeness (QED) is 0.791. The number of amides is 3. The number of imide groups is 1. The Bertz CT molecular complexity index is 565. The molecule has 0 fully saturated rings.